The van der Waals surface area contributed by atoms with Gasteiger partial charge in [0.1, 0.15) is 0 Å². The van der Waals surface area contributed by atoms with Crippen molar-refractivity contribution in [2.45, 2.75) is 19.5 Å². The van der Waals surface area contributed by atoms with Crippen LogP contribution in [0.1, 0.15) is 29.0 Å². The molecule has 0 aliphatic heterocycles. The number of nitrogens with two attached hydrogens (primary N) is 1. The van der Waals surface area contributed by atoms with Gasteiger partial charge in [-0.15, -0.1) is 5.10 Å². The van der Waals surface area contributed by atoms with Crippen LogP contribution in [0.15, 0.2) is 30.7 Å². The number of carbonyl (C=O) groups is 1. The smallest absolute Gasteiger partial charge is 0.273 e. The molecule has 7 nitrogen and oxygen atoms in total. The molecule has 0 bridgehead atoms. The van der Waals surface area contributed by atoms with E-state index in [-0.39, 0.29) is 17.6 Å². The molecule has 1 unspecified atom stereocenters. The van der Waals surface area contributed by atoms with E-state index in [1.165, 1.54) is 0 Å². The number of pyridine rings is 1. The maximum Gasteiger partial charge on any atom is 0.273 e. The molecule has 2 heterocycles. The van der Waals surface area contributed by atoms with Crippen molar-refractivity contribution in [3.05, 3.63) is 42.0 Å². The zero-order chi connectivity index (χ0) is 13.7. The molecule has 0 saturated heterocycles. The molecule has 19 heavy (non-hydrogen) atoms. The minimum atomic E-state index is -0.257. The van der Waals surface area contributed by atoms with Crippen molar-refractivity contribution in [3.63, 3.8) is 0 Å². The fourth-order valence-electron chi connectivity index (χ4n) is 1.65. The molecule has 0 aliphatic rings. The van der Waals surface area contributed by atoms with Gasteiger partial charge in [-0.3, -0.25) is 14.5 Å². The minimum absolute atomic E-state index is 0.116. The summed E-state index contributed by atoms with van der Waals surface area (Å²) in [5.41, 5.74) is 6.68. The number of rotatable bonds is 5. The molecular weight excluding hydrogens is 244 g/mol. The average Bonchev–Trinajstić information content (AvgIpc) is 2.89. The lowest BCUT2D eigenvalue weighted by Gasteiger charge is -2.12. The average molecular weight is 260 g/mol. The van der Waals surface area contributed by atoms with Crippen LogP contribution in [0.2, 0.25) is 0 Å². The molecular formula is C12H16N6O. The molecule has 7 heteroatoms. The number of hydrogen-bond acceptors (Lipinski definition) is 5. The summed E-state index contributed by atoms with van der Waals surface area (Å²) in [6.45, 7) is 2.90. The summed E-state index contributed by atoms with van der Waals surface area (Å²) in [7, 11) is 0. The summed E-state index contributed by atoms with van der Waals surface area (Å²) in [5, 5.41) is 10.5. The van der Waals surface area contributed by atoms with Crippen LogP contribution < -0.4 is 11.1 Å². The van der Waals surface area contributed by atoms with Gasteiger partial charge in [0.2, 0.25) is 0 Å². The molecule has 0 saturated carbocycles. The summed E-state index contributed by atoms with van der Waals surface area (Å²) in [6.07, 6.45) is 4.96. The van der Waals surface area contributed by atoms with Crippen LogP contribution in [0.4, 0.5) is 0 Å². The Bertz CT molecular complexity index is 538. The summed E-state index contributed by atoms with van der Waals surface area (Å²) >= 11 is 0. The molecule has 0 fully saturated rings. The molecule has 2 aromatic heterocycles. The molecule has 1 amide bonds. The highest BCUT2D eigenvalue weighted by atomic mass is 16.2. The van der Waals surface area contributed by atoms with E-state index in [0.29, 0.717) is 13.1 Å². The summed E-state index contributed by atoms with van der Waals surface area (Å²) in [5.74, 6) is -0.257. The van der Waals surface area contributed by atoms with Gasteiger partial charge in [0.05, 0.1) is 18.8 Å². The molecule has 100 valence electrons. The lowest BCUT2D eigenvalue weighted by Crippen LogP contribution is -2.27. The SMILES string of the molecule is CC(NC(=O)c1cn(CCN)nn1)c1ccncc1. The van der Waals surface area contributed by atoms with E-state index in [1.807, 2.05) is 19.1 Å². The highest BCUT2D eigenvalue weighted by molar-refractivity contribution is 5.92. The van der Waals surface area contributed by atoms with Crippen LogP contribution in [0, 0.1) is 0 Å². The third-order valence-electron chi connectivity index (χ3n) is 2.68. The predicted octanol–water partition coefficient (Wildman–Crippen LogP) is 0.123. The number of nitrogens with zero attached hydrogens (tertiary/aromatic N) is 4. The summed E-state index contributed by atoms with van der Waals surface area (Å²) < 4.78 is 1.55. The van der Waals surface area contributed by atoms with Crippen LogP contribution in [0.25, 0.3) is 0 Å². The lowest BCUT2D eigenvalue weighted by molar-refractivity contribution is 0.0934. The van der Waals surface area contributed by atoms with E-state index in [0.717, 1.165) is 5.56 Å². The quantitative estimate of drug-likeness (QED) is 0.795. The molecule has 2 aromatic rings. The Labute approximate surface area is 110 Å². The van der Waals surface area contributed by atoms with E-state index >= 15 is 0 Å². The largest absolute Gasteiger partial charge is 0.344 e. The van der Waals surface area contributed by atoms with E-state index in [1.54, 1.807) is 23.3 Å². The van der Waals surface area contributed by atoms with Crippen molar-refractivity contribution < 1.29 is 4.79 Å². The van der Waals surface area contributed by atoms with Gasteiger partial charge in [0, 0.05) is 18.9 Å². The Kier molecular flexibility index (Phi) is 4.19. The van der Waals surface area contributed by atoms with Gasteiger partial charge < -0.3 is 11.1 Å². The standard InChI is InChI=1S/C12H16N6O/c1-9(10-2-5-14-6-3-10)15-12(19)11-8-18(7-4-13)17-16-11/h2-3,5-6,8-9H,4,7,13H2,1H3,(H,15,19). The Morgan fingerprint density at radius 2 is 2.21 bits per heavy atom. The van der Waals surface area contributed by atoms with E-state index in [9.17, 15) is 4.79 Å². The minimum Gasteiger partial charge on any atom is -0.344 e. The molecule has 0 aliphatic carbocycles. The number of carbonyl (C=O) groups excluding carboxylic acids is 1. The van der Waals surface area contributed by atoms with Crippen LogP contribution in [0.3, 0.4) is 0 Å². The second kappa shape index (κ2) is 6.05. The first-order chi connectivity index (χ1) is 9.20. The maximum atomic E-state index is 12.0. The van der Waals surface area contributed by atoms with Crippen LogP contribution in [-0.4, -0.2) is 32.4 Å². The number of hydrogen-bond donors (Lipinski definition) is 2. The van der Waals surface area contributed by atoms with Crippen molar-refractivity contribution in [3.8, 4) is 0 Å². The topological polar surface area (TPSA) is 98.7 Å². The normalized spacial score (nSPS) is 12.1. The van der Waals surface area contributed by atoms with E-state index in [4.69, 9.17) is 5.73 Å². The number of amides is 1. The van der Waals surface area contributed by atoms with Gasteiger partial charge in [-0.2, -0.15) is 0 Å². The van der Waals surface area contributed by atoms with Gasteiger partial charge in [-0.05, 0) is 24.6 Å². The zero-order valence-corrected chi connectivity index (χ0v) is 10.7. The van der Waals surface area contributed by atoms with Gasteiger partial charge in [-0.25, -0.2) is 0 Å². The van der Waals surface area contributed by atoms with Crippen molar-refractivity contribution in [2.75, 3.05) is 6.54 Å². The highest BCUT2D eigenvalue weighted by Gasteiger charge is 2.14. The Hall–Kier alpha value is -2.28. The predicted molar refractivity (Wildman–Crippen MR) is 69.2 cm³/mol. The molecule has 0 radical (unpaired) electrons. The van der Waals surface area contributed by atoms with Crippen molar-refractivity contribution in [1.82, 2.24) is 25.3 Å². The van der Waals surface area contributed by atoms with Gasteiger partial charge in [0.25, 0.3) is 5.91 Å². The van der Waals surface area contributed by atoms with Crippen LogP contribution >= 0.6 is 0 Å². The Balaban J connectivity index is 2.00. The van der Waals surface area contributed by atoms with Gasteiger partial charge >= 0.3 is 0 Å². The van der Waals surface area contributed by atoms with Crippen molar-refractivity contribution in [1.29, 1.82) is 0 Å². The fraction of sp³-hybridized carbons (Fsp3) is 0.333. The number of aromatic nitrogens is 4. The molecule has 0 aromatic carbocycles. The third kappa shape index (κ3) is 3.35. The van der Waals surface area contributed by atoms with Gasteiger partial charge in [-0.1, -0.05) is 5.21 Å². The molecule has 2 rings (SSSR count). The first-order valence-electron chi connectivity index (χ1n) is 6.01. The third-order valence-corrected chi connectivity index (χ3v) is 2.68. The second-order valence-electron chi connectivity index (χ2n) is 4.13. The summed E-state index contributed by atoms with van der Waals surface area (Å²) in [6, 6.07) is 3.60. The fourth-order valence-corrected chi connectivity index (χ4v) is 1.65. The van der Waals surface area contributed by atoms with Crippen molar-refractivity contribution >= 4 is 5.91 Å². The molecule has 3 N–H and O–H groups in total. The number of nitrogens with one attached hydrogen (secondary N) is 1. The maximum absolute atomic E-state index is 12.0. The molecule has 0 spiro atoms. The first kappa shape index (κ1) is 13.2. The van der Waals surface area contributed by atoms with Crippen LogP contribution in [0.5, 0.6) is 0 Å². The zero-order valence-electron chi connectivity index (χ0n) is 10.7. The Morgan fingerprint density at radius 1 is 1.47 bits per heavy atom. The lowest BCUT2D eigenvalue weighted by atomic mass is 10.1. The van der Waals surface area contributed by atoms with Crippen LogP contribution in [-0.2, 0) is 6.54 Å². The monoisotopic (exact) mass is 260 g/mol. The Morgan fingerprint density at radius 3 is 2.89 bits per heavy atom. The highest BCUT2D eigenvalue weighted by Crippen LogP contribution is 2.10. The summed E-state index contributed by atoms with van der Waals surface area (Å²) in [4.78, 5) is 15.9. The van der Waals surface area contributed by atoms with Crippen molar-refractivity contribution in [2.24, 2.45) is 5.73 Å². The van der Waals surface area contributed by atoms with E-state index in [2.05, 4.69) is 20.6 Å². The molecule has 1 atom stereocenters. The second-order valence-corrected chi connectivity index (χ2v) is 4.13. The first-order valence-corrected chi connectivity index (χ1v) is 6.01. The van der Waals surface area contributed by atoms with E-state index < -0.39 is 0 Å². The van der Waals surface area contributed by atoms with Gasteiger partial charge in [0.15, 0.2) is 5.69 Å².